The van der Waals surface area contributed by atoms with Gasteiger partial charge in [0, 0.05) is 19.3 Å². The summed E-state index contributed by atoms with van der Waals surface area (Å²) >= 11 is 37.3. The molecule has 0 aliphatic carbocycles. The number of aliphatic hydroxyl groups is 13. The van der Waals surface area contributed by atoms with Crippen molar-refractivity contribution in [1.82, 2.24) is 0 Å². The minimum absolute atomic E-state index is 0.00377. The van der Waals surface area contributed by atoms with Crippen LogP contribution in [0, 0.1) is 0 Å². The predicted molar refractivity (Wildman–Crippen MR) is 262 cm³/mol. The zero-order valence-electron chi connectivity index (χ0n) is 41.5. The van der Waals surface area contributed by atoms with Crippen molar-refractivity contribution in [3.05, 3.63) is 11.8 Å². The third-order valence-corrected chi connectivity index (χ3v) is 16.5. The summed E-state index contributed by atoms with van der Waals surface area (Å²) in [6, 6.07) is 0. The molecule has 79 heavy (non-hydrogen) atoms. The molecule has 34 heteroatoms. The Morgan fingerprint density at radius 2 is 0.810 bits per heavy atom. The van der Waals surface area contributed by atoms with Crippen LogP contribution in [0.15, 0.2) is 11.8 Å². The molecule has 8 heterocycles. The van der Waals surface area contributed by atoms with E-state index in [0.29, 0.717) is 0 Å². The van der Waals surface area contributed by atoms with Gasteiger partial charge in [0.05, 0.1) is 73.1 Å². The molecule has 0 aromatic rings. The third-order valence-electron chi connectivity index (χ3n) is 14.6. The van der Waals surface area contributed by atoms with Gasteiger partial charge in [-0.3, -0.25) is 0 Å². The first-order valence-electron chi connectivity index (χ1n) is 25.4. The van der Waals surface area contributed by atoms with Gasteiger partial charge in [0.2, 0.25) is 0 Å². The molecular weight excluding hydrogens is 1200 g/mol. The maximum Gasteiger partial charge on any atom is 0.187 e. The molecule has 0 amide bonds. The fourth-order valence-electron chi connectivity index (χ4n) is 10.3. The first-order chi connectivity index (χ1) is 37.7. The molecule has 0 aromatic heterocycles. The van der Waals surface area contributed by atoms with Gasteiger partial charge in [-0.05, 0) is 6.08 Å². The number of aliphatic hydroxyl groups excluding tert-OH is 13. The largest absolute Gasteiger partial charge is 0.512 e. The highest BCUT2D eigenvalue weighted by atomic mass is 35.5. The van der Waals surface area contributed by atoms with Gasteiger partial charge >= 0.3 is 0 Å². The van der Waals surface area contributed by atoms with Crippen molar-refractivity contribution in [2.45, 2.75) is 222 Å². The highest BCUT2D eigenvalue weighted by molar-refractivity contribution is 6.20. The van der Waals surface area contributed by atoms with E-state index in [0.717, 1.165) is 0 Å². The van der Waals surface area contributed by atoms with Crippen LogP contribution in [0.1, 0.15) is 25.7 Å². The summed E-state index contributed by atoms with van der Waals surface area (Å²) in [4.78, 5) is 0. The van der Waals surface area contributed by atoms with Crippen LogP contribution in [0.5, 0.6) is 0 Å². The smallest absolute Gasteiger partial charge is 0.187 e. The van der Waals surface area contributed by atoms with Crippen LogP contribution in [0.3, 0.4) is 0 Å². The monoisotopic (exact) mass is 1270 g/mol. The average Bonchev–Trinajstić information content (AvgIpc) is 3.52. The molecule has 0 radical (unpaired) electrons. The minimum atomic E-state index is -1.89. The summed E-state index contributed by atoms with van der Waals surface area (Å²) in [7, 11) is 0. The number of alkyl halides is 6. The molecule has 0 aromatic carbocycles. The Morgan fingerprint density at radius 1 is 0.405 bits per heavy atom. The van der Waals surface area contributed by atoms with Crippen molar-refractivity contribution in [3.63, 3.8) is 0 Å². The fraction of sp³-hybridized carbons (Fsp3) is 0.956. The molecule has 458 valence electrons. The molecule has 8 aliphatic heterocycles. The molecule has 0 bridgehead atoms. The van der Waals surface area contributed by atoms with Crippen LogP contribution < -0.4 is 0 Å². The second kappa shape index (κ2) is 29.3. The van der Waals surface area contributed by atoms with Crippen molar-refractivity contribution >= 4 is 69.6 Å². The predicted octanol–water partition coefficient (Wildman–Crippen LogP) is -3.90. The van der Waals surface area contributed by atoms with Gasteiger partial charge in [0.15, 0.2) is 55.9 Å². The number of hydrogen-bond acceptors (Lipinski definition) is 28. The van der Waals surface area contributed by atoms with E-state index < -0.39 is 203 Å². The Balaban J connectivity index is 0.787. The summed E-state index contributed by atoms with van der Waals surface area (Å²) in [5, 5.41) is 141. The van der Waals surface area contributed by atoms with Gasteiger partial charge in [-0.2, -0.15) is 0 Å². The van der Waals surface area contributed by atoms with E-state index in [-0.39, 0.29) is 67.4 Å². The van der Waals surface area contributed by atoms with E-state index >= 15 is 0 Å². The lowest BCUT2D eigenvalue weighted by molar-refractivity contribution is -0.374. The second-order valence-corrected chi connectivity index (χ2v) is 22.0. The first kappa shape index (κ1) is 65.2. The van der Waals surface area contributed by atoms with Crippen molar-refractivity contribution < 1.29 is 137 Å². The maximum absolute atomic E-state index is 11.3. The fourth-order valence-corrected chi connectivity index (χ4v) is 11.9. The van der Waals surface area contributed by atoms with Gasteiger partial charge in [0.25, 0.3) is 0 Å². The number of hydrogen-bond donors (Lipinski definition) is 13. The van der Waals surface area contributed by atoms with Crippen molar-refractivity contribution in [3.8, 4) is 0 Å². The quantitative estimate of drug-likeness (QED) is 0.0550. The number of rotatable bonds is 19. The highest BCUT2D eigenvalue weighted by Crippen LogP contribution is 2.38. The molecule has 32 atom stereocenters. The van der Waals surface area contributed by atoms with Crippen molar-refractivity contribution in [1.29, 1.82) is 0 Å². The van der Waals surface area contributed by atoms with Gasteiger partial charge in [-0.25, -0.2) is 0 Å². The standard InChI is InChI=1S/C45H68Cl6O28/c46-7-17-35(14(53)5-25(68-17)75-38-19(9-48)70-42(64)31(60)28(38)57)74-26-6-16(55)37(41(51)76-26)78-43-32(61)27(56)22(12-66-43)69-24-4-15(54)36(18(8-47)67-24)77-44-34(63)30(59)40(21(11-50)72-44)79-45-33(62)29(58)39(20(10-49)71-45)73-23-3-13(52)1-2-65-23/h1,14-45,52-64H,2-12H2. The summed E-state index contributed by atoms with van der Waals surface area (Å²) in [5.74, 6) is -1.42. The lowest BCUT2D eigenvalue weighted by Crippen LogP contribution is -2.65. The minimum Gasteiger partial charge on any atom is -0.512 e. The Bertz CT molecular complexity index is 1900. The van der Waals surface area contributed by atoms with Crippen LogP contribution >= 0.6 is 69.6 Å². The highest BCUT2D eigenvalue weighted by Gasteiger charge is 2.55. The van der Waals surface area contributed by atoms with Gasteiger partial charge in [0.1, 0.15) is 122 Å². The first-order valence-corrected chi connectivity index (χ1v) is 28.5. The molecule has 13 N–H and O–H groups in total. The Hall–Kier alpha value is 0.200. The molecule has 7 saturated heterocycles. The molecule has 8 rings (SSSR count). The van der Waals surface area contributed by atoms with E-state index in [2.05, 4.69) is 0 Å². The summed E-state index contributed by atoms with van der Waals surface area (Å²) < 4.78 is 86.9. The topological polar surface area (TPSA) is 401 Å². The summed E-state index contributed by atoms with van der Waals surface area (Å²) in [6.07, 6.45) is -43.9. The van der Waals surface area contributed by atoms with Crippen LogP contribution in [0.2, 0.25) is 0 Å². The van der Waals surface area contributed by atoms with E-state index in [1.807, 2.05) is 0 Å². The van der Waals surface area contributed by atoms with E-state index in [1.165, 1.54) is 6.08 Å². The zero-order valence-corrected chi connectivity index (χ0v) is 46.1. The molecule has 0 saturated carbocycles. The van der Waals surface area contributed by atoms with Gasteiger partial charge in [-0.1, -0.05) is 11.6 Å². The Kier molecular flexibility index (Phi) is 24.1. The van der Waals surface area contributed by atoms with E-state index in [4.69, 9.17) is 141 Å². The third kappa shape index (κ3) is 15.1. The SMILES string of the molecule is OC1=CCOC(OC2C(CCl)OC(OC3C(CCl)OC(OC4C(O)CC(OC5COC(OC6C(O)CC(OC7C(O)CC(OC8C(CCl)OC(O)C(O)C8O)OC7CCl)OC6Cl)C(O)C5O)OC4CCl)C(O)C3O)C(O)C2O)C1. The van der Waals surface area contributed by atoms with Crippen LogP contribution in [0.4, 0.5) is 0 Å². The molecule has 0 spiro atoms. The molecule has 8 aliphatic rings. The second-order valence-electron chi connectivity index (χ2n) is 20.0. The Labute approximate surface area is 481 Å². The van der Waals surface area contributed by atoms with E-state index in [9.17, 15) is 66.4 Å². The molecule has 28 nitrogen and oxygen atoms in total. The molecule has 7 fully saturated rings. The number of ether oxygens (including phenoxy) is 15. The average molecular weight is 1270 g/mol. The summed E-state index contributed by atoms with van der Waals surface area (Å²) in [6.45, 7) is -0.389. The molecule has 32 unspecified atom stereocenters. The maximum atomic E-state index is 11.3. The van der Waals surface area contributed by atoms with Gasteiger partial charge < -0.3 is 137 Å². The zero-order chi connectivity index (χ0) is 57.1. The summed E-state index contributed by atoms with van der Waals surface area (Å²) in [5.41, 5.74) is -1.46. The number of halogens is 6. The van der Waals surface area contributed by atoms with Crippen molar-refractivity contribution in [2.24, 2.45) is 0 Å². The normalized spacial score (nSPS) is 51.2. The van der Waals surface area contributed by atoms with Crippen LogP contribution in [-0.4, -0.2) is 305 Å². The lowest BCUT2D eigenvalue weighted by Gasteiger charge is -2.48. The van der Waals surface area contributed by atoms with Crippen LogP contribution in [0.25, 0.3) is 0 Å². The van der Waals surface area contributed by atoms with E-state index in [1.54, 1.807) is 0 Å². The Morgan fingerprint density at radius 3 is 1.34 bits per heavy atom. The molecular formula is C45H68Cl6O28. The lowest BCUT2D eigenvalue weighted by atomic mass is 9.96. The van der Waals surface area contributed by atoms with Crippen molar-refractivity contribution in [2.75, 3.05) is 42.6 Å². The van der Waals surface area contributed by atoms with Gasteiger partial charge in [-0.15, -0.1) is 58.0 Å². The van der Waals surface area contributed by atoms with Crippen LogP contribution in [-0.2, 0) is 71.1 Å².